The van der Waals surface area contributed by atoms with Crippen molar-refractivity contribution in [1.82, 2.24) is 4.98 Å². The second-order valence-corrected chi connectivity index (χ2v) is 4.34. The van der Waals surface area contributed by atoms with E-state index in [0.717, 1.165) is 11.3 Å². The molecule has 18 heavy (non-hydrogen) atoms. The van der Waals surface area contributed by atoms with Crippen molar-refractivity contribution < 1.29 is 4.39 Å². The lowest BCUT2D eigenvalue weighted by atomic mass is 10.2. The van der Waals surface area contributed by atoms with Crippen molar-refractivity contribution in [2.75, 3.05) is 5.32 Å². The molecule has 1 aromatic heterocycles. The maximum absolute atomic E-state index is 13.0. The van der Waals surface area contributed by atoms with Gasteiger partial charge in [-0.25, -0.2) is 4.39 Å². The van der Waals surface area contributed by atoms with Gasteiger partial charge in [-0.2, -0.15) is 0 Å². The highest BCUT2D eigenvalue weighted by atomic mass is 35.5. The van der Waals surface area contributed by atoms with Crippen LogP contribution in [0, 0.1) is 5.82 Å². The summed E-state index contributed by atoms with van der Waals surface area (Å²) in [4.78, 5) is 8.63. The molecule has 2 heterocycles. The first kappa shape index (κ1) is 11.2. The molecule has 2 aromatic rings. The normalized spacial score (nSPS) is 13.1. The van der Waals surface area contributed by atoms with Crippen LogP contribution in [0.1, 0.15) is 11.3 Å². The van der Waals surface area contributed by atoms with E-state index in [4.69, 9.17) is 11.6 Å². The van der Waals surface area contributed by atoms with E-state index in [1.807, 2.05) is 12.1 Å². The molecule has 0 aliphatic carbocycles. The number of nitrogens with one attached hydrogen (secondary N) is 1. The van der Waals surface area contributed by atoms with Gasteiger partial charge in [-0.15, -0.1) is 0 Å². The topological polar surface area (TPSA) is 37.3 Å². The number of nitrogens with zero attached hydrogens (tertiary/aromatic N) is 2. The summed E-state index contributed by atoms with van der Waals surface area (Å²) in [6.07, 6.45) is 1.72. The van der Waals surface area contributed by atoms with Crippen molar-refractivity contribution in [3.05, 3.63) is 58.6 Å². The van der Waals surface area contributed by atoms with Crippen LogP contribution in [0.2, 0.25) is 5.02 Å². The lowest BCUT2D eigenvalue weighted by molar-refractivity contribution is 0.628. The highest BCUT2D eigenvalue weighted by molar-refractivity contribution is 6.31. The van der Waals surface area contributed by atoms with Gasteiger partial charge in [0.05, 0.1) is 11.6 Å². The SMILES string of the molecule is Fc1ccc(NC2=NCc3cccnc32)cc1Cl. The van der Waals surface area contributed by atoms with Gasteiger partial charge in [0, 0.05) is 17.4 Å². The highest BCUT2D eigenvalue weighted by Gasteiger charge is 2.16. The van der Waals surface area contributed by atoms with Gasteiger partial charge in [-0.1, -0.05) is 17.7 Å². The molecule has 0 unspecified atom stereocenters. The Labute approximate surface area is 108 Å². The second kappa shape index (κ2) is 4.38. The van der Waals surface area contributed by atoms with Gasteiger partial charge < -0.3 is 5.32 Å². The zero-order chi connectivity index (χ0) is 12.5. The molecule has 90 valence electrons. The lowest BCUT2D eigenvalue weighted by Gasteiger charge is -2.07. The van der Waals surface area contributed by atoms with Gasteiger partial charge >= 0.3 is 0 Å². The fourth-order valence-corrected chi connectivity index (χ4v) is 2.01. The summed E-state index contributed by atoms with van der Waals surface area (Å²) in [6, 6.07) is 8.33. The van der Waals surface area contributed by atoms with Crippen LogP contribution in [0.25, 0.3) is 0 Å². The molecule has 0 amide bonds. The number of hydrogen-bond donors (Lipinski definition) is 1. The van der Waals surface area contributed by atoms with E-state index in [1.165, 1.54) is 12.1 Å². The van der Waals surface area contributed by atoms with Crippen molar-refractivity contribution in [1.29, 1.82) is 0 Å². The molecule has 0 fully saturated rings. The Morgan fingerprint density at radius 1 is 1.28 bits per heavy atom. The van der Waals surface area contributed by atoms with Crippen LogP contribution in [0.5, 0.6) is 0 Å². The Morgan fingerprint density at radius 3 is 3.00 bits per heavy atom. The number of aliphatic imine (C=N–C) groups is 1. The van der Waals surface area contributed by atoms with E-state index in [0.29, 0.717) is 18.1 Å². The first-order valence-corrected chi connectivity index (χ1v) is 5.82. The molecule has 3 nitrogen and oxygen atoms in total. The third kappa shape index (κ3) is 1.95. The summed E-state index contributed by atoms with van der Waals surface area (Å²) >= 11 is 5.73. The predicted octanol–water partition coefficient (Wildman–Crippen LogP) is 3.25. The van der Waals surface area contributed by atoms with Crippen molar-refractivity contribution in [3.63, 3.8) is 0 Å². The van der Waals surface area contributed by atoms with Crippen molar-refractivity contribution in [3.8, 4) is 0 Å². The minimum absolute atomic E-state index is 0.0832. The first-order chi connectivity index (χ1) is 8.74. The molecule has 5 heteroatoms. The molecule has 1 aliphatic heterocycles. The fraction of sp³-hybridized carbons (Fsp3) is 0.0769. The largest absolute Gasteiger partial charge is 0.339 e. The second-order valence-electron chi connectivity index (χ2n) is 3.93. The Kier molecular flexibility index (Phi) is 2.72. The summed E-state index contributed by atoms with van der Waals surface area (Å²) in [5.41, 5.74) is 2.60. The van der Waals surface area contributed by atoms with E-state index in [-0.39, 0.29) is 5.02 Å². The average molecular weight is 262 g/mol. The van der Waals surface area contributed by atoms with Crippen LogP contribution in [-0.2, 0) is 6.54 Å². The third-order valence-corrected chi connectivity index (χ3v) is 3.00. The lowest BCUT2D eigenvalue weighted by Crippen LogP contribution is -2.13. The molecular weight excluding hydrogens is 253 g/mol. The molecule has 1 aromatic carbocycles. The Balaban J connectivity index is 1.88. The van der Waals surface area contributed by atoms with E-state index in [1.54, 1.807) is 12.3 Å². The molecule has 0 saturated carbocycles. The van der Waals surface area contributed by atoms with Gasteiger partial charge in [0.15, 0.2) is 5.84 Å². The van der Waals surface area contributed by atoms with Crippen LogP contribution in [0.3, 0.4) is 0 Å². The Bertz CT molecular complexity index is 640. The van der Waals surface area contributed by atoms with Crippen LogP contribution >= 0.6 is 11.6 Å². The molecule has 3 rings (SSSR count). The van der Waals surface area contributed by atoms with Gasteiger partial charge in [0.2, 0.25) is 0 Å². The smallest absolute Gasteiger partial charge is 0.152 e. The summed E-state index contributed by atoms with van der Waals surface area (Å²) in [7, 11) is 0. The van der Waals surface area contributed by atoms with E-state index < -0.39 is 5.82 Å². The fourth-order valence-electron chi connectivity index (χ4n) is 1.83. The Hall–Kier alpha value is -1.94. The van der Waals surface area contributed by atoms with Crippen molar-refractivity contribution >= 4 is 23.1 Å². The molecule has 0 bridgehead atoms. The zero-order valence-electron chi connectivity index (χ0n) is 9.32. The number of aromatic nitrogens is 1. The van der Waals surface area contributed by atoms with Crippen LogP contribution in [0.15, 0.2) is 41.5 Å². The van der Waals surface area contributed by atoms with E-state index in [9.17, 15) is 4.39 Å². The third-order valence-electron chi connectivity index (χ3n) is 2.71. The summed E-state index contributed by atoms with van der Waals surface area (Å²) in [5, 5.41) is 3.18. The minimum Gasteiger partial charge on any atom is -0.339 e. The van der Waals surface area contributed by atoms with Crippen LogP contribution in [-0.4, -0.2) is 10.8 Å². The number of amidine groups is 1. The first-order valence-electron chi connectivity index (χ1n) is 5.45. The van der Waals surface area contributed by atoms with Gasteiger partial charge in [0.25, 0.3) is 0 Å². The van der Waals surface area contributed by atoms with Gasteiger partial charge in [0.1, 0.15) is 11.5 Å². The number of rotatable bonds is 1. The average Bonchev–Trinajstić information content (AvgIpc) is 2.78. The standard InChI is InChI=1S/C13H9ClFN3/c14-10-6-9(3-4-11(10)15)18-13-12-8(7-17-13)2-1-5-16-12/h1-6H,7H2,(H,17,18). The highest BCUT2D eigenvalue weighted by Crippen LogP contribution is 2.22. The van der Waals surface area contributed by atoms with E-state index in [2.05, 4.69) is 15.3 Å². The van der Waals surface area contributed by atoms with Gasteiger partial charge in [-0.3, -0.25) is 9.98 Å². The number of fused-ring (bicyclic) bond motifs is 1. The van der Waals surface area contributed by atoms with Gasteiger partial charge in [-0.05, 0) is 24.3 Å². The van der Waals surface area contributed by atoms with Crippen molar-refractivity contribution in [2.45, 2.75) is 6.54 Å². The number of pyridine rings is 1. The Morgan fingerprint density at radius 2 is 2.17 bits per heavy atom. The molecule has 0 saturated heterocycles. The summed E-state index contributed by atoms with van der Waals surface area (Å²) in [5.74, 6) is 0.252. The molecule has 1 N–H and O–H groups in total. The van der Waals surface area contributed by atoms with E-state index >= 15 is 0 Å². The molecule has 1 aliphatic rings. The quantitative estimate of drug-likeness (QED) is 0.856. The maximum atomic E-state index is 13.0. The number of hydrogen-bond acceptors (Lipinski definition) is 3. The van der Waals surface area contributed by atoms with Crippen LogP contribution in [0.4, 0.5) is 10.1 Å². The molecule has 0 atom stereocenters. The number of anilines is 1. The molecule has 0 radical (unpaired) electrons. The number of benzene rings is 1. The predicted molar refractivity (Wildman–Crippen MR) is 69.5 cm³/mol. The maximum Gasteiger partial charge on any atom is 0.152 e. The summed E-state index contributed by atoms with van der Waals surface area (Å²) < 4.78 is 13.0. The molecule has 0 spiro atoms. The number of halogens is 2. The van der Waals surface area contributed by atoms with Crippen molar-refractivity contribution in [2.24, 2.45) is 4.99 Å². The summed E-state index contributed by atoms with van der Waals surface area (Å²) in [6.45, 7) is 0.612. The van der Waals surface area contributed by atoms with Crippen LogP contribution < -0.4 is 5.32 Å². The monoisotopic (exact) mass is 261 g/mol. The minimum atomic E-state index is -0.436. The molecular formula is C13H9ClFN3. The zero-order valence-corrected chi connectivity index (χ0v) is 10.1.